The first-order chi connectivity index (χ1) is 7.18. The van der Waals surface area contributed by atoms with Gasteiger partial charge in [-0.15, -0.1) is 0 Å². The average molecular weight is 202 g/mol. The van der Waals surface area contributed by atoms with Crippen molar-refractivity contribution in [3.8, 4) is 0 Å². The van der Waals surface area contributed by atoms with Crippen molar-refractivity contribution in [2.24, 2.45) is 5.92 Å². The topological polar surface area (TPSA) is 34.1 Å². The van der Waals surface area contributed by atoms with E-state index in [9.17, 15) is 9.59 Å². The number of benzene rings is 1. The zero-order chi connectivity index (χ0) is 10.8. The molecule has 1 aliphatic rings. The summed E-state index contributed by atoms with van der Waals surface area (Å²) < 4.78 is 0. The molecule has 2 heteroatoms. The number of hydrogen-bond acceptors (Lipinski definition) is 2. The summed E-state index contributed by atoms with van der Waals surface area (Å²) in [6.45, 7) is 1.98. The van der Waals surface area contributed by atoms with Gasteiger partial charge in [0.05, 0.1) is 5.92 Å². The lowest BCUT2D eigenvalue weighted by Crippen LogP contribution is -2.18. The first-order valence-electron chi connectivity index (χ1n) is 5.32. The number of aryl methyl sites for hydroxylation is 1. The van der Waals surface area contributed by atoms with Crippen LogP contribution in [0, 0.1) is 12.8 Å². The summed E-state index contributed by atoms with van der Waals surface area (Å²) in [5, 5.41) is 0. The van der Waals surface area contributed by atoms with Gasteiger partial charge in [-0.2, -0.15) is 0 Å². The van der Waals surface area contributed by atoms with Gasteiger partial charge in [0.25, 0.3) is 0 Å². The van der Waals surface area contributed by atoms with E-state index >= 15 is 0 Å². The van der Waals surface area contributed by atoms with Gasteiger partial charge in [0.15, 0.2) is 5.78 Å². The number of Topliss-reactive ketones (excluding diaryl/α,β-unsaturated/α-hetero) is 2. The van der Waals surface area contributed by atoms with Crippen LogP contribution in [0.15, 0.2) is 24.3 Å². The quantitative estimate of drug-likeness (QED) is 0.545. The van der Waals surface area contributed by atoms with Crippen LogP contribution < -0.4 is 0 Å². The van der Waals surface area contributed by atoms with Gasteiger partial charge in [-0.25, -0.2) is 0 Å². The van der Waals surface area contributed by atoms with Crippen LogP contribution >= 0.6 is 0 Å². The SMILES string of the molecule is Cc1ccc(C(=O)C2CCCC2=O)cc1. The molecular weight excluding hydrogens is 188 g/mol. The van der Waals surface area contributed by atoms with Gasteiger partial charge in [0, 0.05) is 12.0 Å². The van der Waals surface area contributed by atoms with Crippen molar-refractivity contribution in [1.82, 2.24) is 0 Å². The molecule has 1 aromatic rings. The number of hydrogen-bond donors (Lipinski definition) is 0. The highest BCUT2D eigenvalue weighted by molar-refractivity contribution is 6.11. The number of ketones is 2. The van der Waals surface area contributed by atoms with E-state index in [1.54, 1.807) is 0 Å². The number of rotatable bonds is 2. The Hall–Kier alpha value is -1.44. The molecule has 0 heterocycles. The summed E-state index contributed by atoms with van der Waals surface area (Å²) in [6.07, 6.45) is 2.16. The van der Waals surface area contributed by atoms with Crippen molar-refractivity contribution in [2.75, 3.05) is 0 Å². The third-order valence-corrected chi connectivity index (χ3v) is 2.96. The van der Waals surface area contributed by atoms with Crippen LogP contribution in [0.2, 0.25) is 0 Å². The van der Waals surface area contributed by atoms with Crippen LogP contribution in [0.1, 0.15) is 35.2 Å². The highest BCUT2D eigenvalue weighted by Gasteiger charge is 2.31. The molecule has 2 rings (SSSR count). The Balaban J connectivity index is 2.20. The van der Waals surface area contributed by atoms with Gasteiger partial charge in [-0.05, 0) is 19.8 Å². The van der Waals surface area contributed by atoms with Crippen molar-refractivity contribution in [3.05, 3.63) is 35.4 Å². The second kappa shape index (κ2) is 3.97. The fraction of sp³-hybridized carbons (Fsp3) is 0.385. The van der Waals surface area contributed by atoms with E-state index in [4.69, 9.17) is 0 Å². The normalized spacial score (nSPS) is 20.6. The predicted molar refractivity (Wildman–Crippen MR) is 57.9 cm³/mol. The standard InChI is InChI=1S/C13H14O2/c1-9-5-7-10(8-6-9)13(15)11-3-2-4-12(11)14/h5-8,11H,2-4H2,1H3. The van der Waals surface area contributed by atoms with E-state index in [1.165, 1.54) is 0 Å². The lowest BCUT2D eigenvalue weighted by molar-refractivity contribution is -0.119. The second-order valence-electron chi connectivity index (χ2n) is 4.14. The van der Waals surface area contributed by atoms with Gasteiger partial charge in [-0.3, -0.25) is 9.59 Å². The lowest BCUT2D eigenvalue weighted by Gasteiger charge is -2.06. The molecule has 1 atom stereocenters. The molecule has 15 heavy (non-hydrogen) atoms. The average Bonchev–Trinajstić information content (AvgIpc) is 2.65. The van der Waals surface area contributed by atoms with Crippen LogP contribution in [0.3, 0.4) is 0 Å². The highest BCUT2D eigenvalue weighted by atomic mass is 16.2. The van der Waals surface area contributed by atoms with Crippen molar-refractivity contribution in [3.63, 3.8) is 0 Å². The molecule has 0 bridgehead atoms. The molecule has 2 nitrogen and oxygen atoms in total. The largest absolute Gasteiger partial charge is 0.299 e. The van der Waals surface area contributed by atoms with E-state index in [1.807, 2.05) is 31.2 Å². The van der Waals surface area contributed by atoms with Crippen LogP contribution in [-0.4, -0.2) is 11.6 Å². The third-order valence-electron chi connectivity index (χ3n) is 2.96. The first-order valence-corrected chi connectivity index (χ1v) is 5.32. The van der Waals surface area contributed by atoms with Crippen molar-refractivity contribution in [1.29, 1.82) is 0 Å². The fourth-order valence-electron chi connectivity index (χ4n) is 2.01. The maximum atomic E-state index is 11.9. The highest BCUT2D eigenvalue weighted by Crippen LogP contribution is 2.25. The molecule has 0 spiro atoms. The molecule has 0 saturated heterocycles. The number of carbonyl (C=O) groups excluding carboxylic acids is 2. The Kier molecular flexibility index (Phi) is 2.67. The molecule has 78 valence electrons. The van der Waals surface area contributed by atoms with Gasteiger partial charge in [-0.1, -0.05) is 29.8 Å². The van der Waals surface area contributed by atoms with Gasteiger partial charge in [0.2, 0.25) is 0 Å². The van der Waals surface area contributed by atoms with E-state index in [2.05, 4.69) is 0 Å². The maximum Gasteiger partial charge on any atom is 0.173 e. The zero-order valence-electron chi connectivity index (χ0n) is 8.82. The Labute approximate surface area is 89.3 Å². The van der Waals surface area contributed by atoms with E-state index in [-0.39, 0.29) is 17.5 Å². The van der Waals surface area contributed by atoms with Gasteiger partial charge >= 0.3 is 0 Å². The third kappa shape index (κ3) is 1.99. The van der Waals surface area contributed by atoms with Gasteiger partial charge in [0.1, 0.15) is 5.78 Å². The summed E-state index contributed by atoms with van der Waals surface area (Å²) in [7, 11) is 0. The van der Waals surface area contributed by atoms with E-state index in [0.29, 0.717) is 12.0 Å². The van der Waals surface area contributed by atoms with E-state index < -0.39 is 0 Å². The fourth-order valence-corrected chi connectivity index (χ4v) is 2.01. The molecule has 1 saturated carbocycles. The monoisotopic (exact) mass is 202 g/mol. The second-order valence-corrected chi connectivity index (χ2v) is 4.14. The molecule has 1 aliphatic carbocycles. The minimum Gasteiger partial charge on any atom is -0.299 e. The Morgan fingerprint density at radius 2 is 1.93 bits per heavy atom. The molecule has 1 fully saturated rings. The maximum absolute atomic E-state index is 11.9. The van der Waals surface area contributed by atoms with E-state index in [0.717, 1.165) is 18.4 Å². The summed E-state index contributed by atoms with van der Waals surface area (Å²) >= 11 is 0. The molecule has 1 aromatic carbocycles. The minimum atomic E-state index is -0.368. The van der Waals surface area contributed by atoms with Crippen molar-refractivity contribution < 1.29 is 9.59 Å². The van der Waals surface area contributed by atoms with Crippen LogP contribution in [0.4, 0.5) is 0 Å². The molecule has 0 aliphatic heterocycles. The zero-order valence-corrected chi connectivity index (χ0v) is 8.82. The Morgan fingerprint density at radius 1 is 1.27 bits per heavy atom. The lowest BCUT2D eigenvalue weighted by atomic mass is 9.95. The molecule has 0 amide bonds. The molecule has 1 unspecified atom stereocenters. The smallest absolute Gasteiger partial charge is 0.173 e. The summed E-state index contributed by atoms with van der Waals surface area (Å²) in [5.74, 6) is -0.259. The minimum absolute atomic E-state index is 0.00231. The summed E-state index contributed by atoms with van der Waals surface area (Å²) in [5.41, 5.74) is 1.80. The summed E-state index contributed by atoms with van der Waals surface area (Å²) in [4.78, 5) is 23.4. The predicted octanol–water partition coefficient (Wildman–Crippen LogP) is 2.55. The summed E-state index contributed by atoms with van der Waals surface area (Å²) in [6, 6.07) is 7.44. The first kappa shape index (κ1) is 10.1. The Morgan fingerprint density at radius 3 is 2.47 bits per heavy atom. The van der Waals surface area contributed by atoms with Crippen molar-refractivity contribution in [2.45, 2.75) is 26.2 Å². The van der Waals surface area contributed by atoms with Crippen LogP contribution in [0.5, 0.6) is 0 Å². The Bertz CT molecular complexity index is 390. The van der Waals surface area contributed by atoms with Crippen LogP contribution in [-0.2, 0) is 4.79 Å². The molecule has 0 N–H and O–H groups in total. The molecule has 0 radical (unpaired) electrons. The van der Waals surface area contributed by atoms with Crippen LogP contribution in [0.25, 0.3) is 0 Å². The van der Waals surface area contributed by atoms with Gasteiger partial charge < -0.3 is 0 Å². The van der Waals surface area contributed by atoms with Crippen molar-refractivity contribution >= 4 is 11.6 Å². The molecule has 0 aromatic heterocycles. The molecular formula is C13H14O2. The number of carbonyl (C=O) groups is 2.